The minimum atomic E-state index is -0.564. The summed E-state index contributed by atoms with van der Waals surface area (Å²) in [5.74, 6) is 0. The molecule has 0 aliphatic carbocycles. The van der Waals surface area contributed by atoms with Gasteiger partial charge in [0.15, 0.2) is 0 Å². The van der Waals surface area contributed by atoms with Gasteiger partial charge in [-0.2, -0.15) is 0 Å². The molecule has 0 saturated carbocycles. The summed E-state index contributed by atoms with van der Waals surface area (Å²) in [6.45, 7) is 8.21. The molecule has 0 aliphatic rings. The summed E-state index contributed by atoms with van der Waals surface area (Å²) in [5, 5.41) is 18.9. The van der Waals surface area contributed by atoms with E-state index < -0.39 is 5.60 Å². The van der Waals surface area contributed by atoms with Crippen LogP contribution in [0.2, 0.25) is 0 Å². The van der Waals surface area contributed by atoms with Crippen LogP contribution >= 0.6 is 0 Å². The maximum Gasteiger partial charge on any atom is 0.0622 e. The Morgan fingerprint density at radius 1 is 1.12 bits per heavy atom. The molecule has 0 aliphatic heterocycles. The highest BCUT2D eigenvalue weighted by Gasteiger charge is 2.18. The highest BCUT2D eigenvalue weighted by molar-refractivity contribution is 4.98. The molecule has 0 saturated heterocycles. The van der Waals surface area contributed by atoms with Crippen molar-refractivity contribution in [2.24, 2.45) is 0 Å². The van der Waals surface area contributed by atoms with E-state index in [0.717, 1.165) is 32.1 Å². The molecule has 2 heteroatoms. The van der Waals surface area contributed by atoms with Gasteiger partial charge in [-0.3, -0.25) is 0 Å². The molecule has 0 heterocycles. The van der Waals surface area contributed by atoms with Gasteiger partial charge in [0.25, 0.3) is 0 Å². The smallest absolute Gasteiger partial charge is 0.0622 e. The molecular weight excluding hydrogens is 212 g/mol. The molecule has 2 nitrogen and oxygen atoms in total. The second-order valence-electron chi connectivity index (χ2n) is 5.40. The second-order valence-corrected chi connectivity index (χ2v) is 5.40. The fourth-order valence-corrected chi connectivity index (χ4v) is 1.80. The Balaban J connectivity index is 3.85. The number of rotatable bonds is 8. The summed E-state index contributed by atoms with van der Waals surface area (Å²) in [6.07, 6.45) is 8.52. The van der Waals surface area contributed by atoms with Crippen LogP contribution in [0.3, 0.4) is 0 Å². The van der Waals surface area contributed by atoms with Crippen LogP contribution in [0.1, 0.15) is 59.8 Å². The van der Waals surface area contributed by atoms with Crippen molar-refractivity contribution in [3.63, 3.8) is 0 Å². The third-order valence-electron chi connectivity index (χ3n) is 2.96. The highest BCUT2D eigenvalue weighted by atomic mass is 16.3. The molecule has 0 aromatic rings. The molecule has 0 aromatic carbocycles. The summed E-state index contributed by atoms with van der Waals surface area (Å²) in [6, 6.07) is 0. The number of hydrogen-bond acceptors (Lipinski definition) is 2. The predicted octanol–water partition coefficient (Wildman–Crippen LogP) is 3.59. The van der Waals surface area contributed by atoms with Crippen LogP contribution in [0.15, 0.2) is 23.3 Å². The molecule has 0 aromatic heterocycles. The van der Waals surface area contributed by atoms with Crippen molar-refractivity contribution < 1.29 is 10.2 Å². The Morgan fingerprint density at radius 2 is 1.76 bits per heavy atom. The Bertz CT molecular complexity index is 258. The quantitative estimate of drug-likeness (QED) is 0.636. The molecule has 0 fully saturated rings. The van der Waals surface area contributed by atoms with Gasteiger partial charge in [0.2, 0.25) is 0 Å². The third-order valence-corrected chi connectivity index (χ3v) is 2.96. The molecule has 0 spiro atoms. The SMILES string of the molecule is CC(C)=CCCC(C)(O)CCCC(C)=CCO. The lowest BCUT2D eigenvalue weighted by Gasteiger charge is -2.22. The van der Waals surface area contributed by atoms with Gasteiger partial charge in [-0.15, -0.1) is 0 Å². The van der Waals surface area contributed by atoms with Crippen LogP contribution in [0.4, 0.5) is 0 Å². The van der Waals surface area contributed by atoms with Gasteiger partial charge in [0.1, 0.15) is 0 Å². The fraction of sp³-hybridized carbons (Fsp3) is 0.733. The van der Waals surface area contributed by atoms with E-state index in [2.05, 4.69) is 19.9 Å². The van der Waals surface area contributed by atoms with Crippen molar-refractivity contribution in [3.05, 3.63) is 23.3 Å². The largest absolute Gasteiger partial charge is 0.392 e. The molecule has 100 valence electrons. The molecule has 0 rings (SSSR count). The van der Waals surface area contributed by atoms with Gasteiger partial charge in [-0.25, -0.2) is 0 Å². The van der Waals surface area contributed by atoms with E-state index >= 15 is 0 Å². The summed E-state index contributed by atoms with van der Waals surface area (Å²) >= 11 is 0. The van der Waals surface area contributed by atoms with Gasteiger partial charge >= 0.3 is 0 Å². The molecule has 0 radical (unpaired) electrons. The van der Waals surface area contributed by atoms with E-state index in [1.165, 1.54) is 11.1 Å². The van der Waals surface area contributed by atoms with Crippen LogP contribution in [0.25, 0.3) is 0 Å². The van der Waals surface area contributed by atoms with Gasteiger partial charge in [0.05, 0.1) is 12.2 Å². The summed E-state index contributed by atoms with van der Waals surface area (Å²) < 4.78 is 0. The molecule has 1 atom stereocenters. The zero-order valence-electron chi connectivity index (χ0n) is 11.8. The van der Waals surface area contributed by atoms with E-state index in [1.807, 2.05) is 19.9 Å². The first kappa shape index (κ1) is 16.4. The summed E-state index contributed by atoms with van der Waals surface area (Å²) in [7, 11) is 0. The molecule has 17 heavy (non-hydrogen) atoms. The number of aliphatic hydroxyl groups is 2. The lowest BCUT2D eigenvalue weighted by atomic mass is 9.92. The predicted molar refractivity (Wildman–Crippen MR) is 74.0 cm³/mol. The van der Waals surface area contributed by atoms with Gasteiger partial charge in [0, 0.05) is 0 Å². The van der Waals surface area contributed by atoms with E-state index in [-0.39, 0.29) is 6.61 Å². The normalized spacial score (nSPS) is 15.5. The number of hydrogen-bond donors (Lipinski definition) is 2. The van der Waals surface area contributed by atoms with Crippen molar-refractivity contribution in [2.75, 3.05) is 6.61 Å². The summed E-state index contributed by atoms with van der Waals surface area (Å²) in [4.78, 5) is 0. The Morgan fingerprint density at radius 3 is 2.29 bits per heavy atom. The fourth-order valence-electron chi connectivity index (χ4n) is 1.80. The van der Waals surface area contributed by atoms with E-state index in [1.54, 1.807) is 0 Å². The third kappa shape index (κ3) is 10.3. The van der Waals surface area contributed by atoms with E-state index in [9.17, 15) is 5.11 Å². The molecule has 0 amide bonds. The van der Waals surface area contributed by atoms with Crippen LogP contribution in [-0.4, -0.2) is 22.4 Å². The van der Waals surface area contributed by atoms with Crippen LogP contribution in [0.5, 0.6) is 0 Å². The molecule has 2 N–H and O–H groups in total. The van der Waals surface area contributed by atoms with Crippen molar-refractivity contribution >= 4 is 0 Å². The van der Waals surface area contributed by atoms with Crippen LogP contribution in [-0.2, 0) is 0 Å². The van der Waals surface area contributed by atoms with Crippen molar-refractivity contribution in [1.29, 1.82) is 0 Å². The Hall–Kier alpha value is -0.600. The first-order chi connectivity index (χ1) is 7.87. The minimum absolute atomic E-state index is 0.114. The van der Waals surface area contributed by atoms with Crippen LogP contribution in [0, 0.1) is 0 Å². The highest BCUT2D eigenvalue weighted by Crippen LogP contribution is 2.21. The maximum atomic E-state index is 10.2. The summed E-state index contributed by atoms with van der Waals surface area (Å²) in [5.41, 5.74) is 1.95. The van der Waals surface area contributed by atoms with Gasteiger partial charge in [-0.1, -0.05) is 23.3 Å². The first-order valence-corrected chi connectivity index (χ1v) is 6.49. The van der Waals surface area contributed by atoms with Gasteiger partial charge in [-0.05, 0) is 59.8 Å². The average Bonchev–Trinajstić information content (AvgIpc) is 2.16. The van der Waals surface area contributed by atoms with E-state index in [4.69, 9.17) is 5.11 Å². The van der Waals surface area contributed by atoms with Crippen molar-refractivity contribution in [1.82, 2.24) is 0 Å². The number of aliphatic hydroxyl groups excluding tert-OH is 1. The molecule has 0 bridgehead atoms. The maximum absolute atomic E-state index is 10.2. The van der Waals surface area contributed by atoms with Crippen LogP contribution < -0.4 is 0 Å². The zero-order valence-corrected chi connectivity index (χ0v) is 11.8. The Kier molecular flexibility index (Phi) is 8.19. The lowest BCUT2D eigenvalue weighted by Crippen LogP contribution is -2.23. The minimum Gasteiger partial charge on any atom is -0.392 e. The van der Waals surface area contributed by atoms with Crippen molar-refractivity contribution in [2.45, 2.75) is 65.4 Å². The second kappa shape index (κ2) is 8.48. The molecular formula is C15H28O2. The topological polar surface area (TPSA) is 40.5 Å². The Labute approximate surface area is 106 Å². The number of allylic oxidation sites excluding steroid dienone is 3. The monoisotopic (exact) mass is 240 g/mol. The standard InChI is InChI=1S/C15H28O2/c1-13(2)7-5-10-15(4,17)11-6-8-14(3)9-12-16/h7,9,16-17H,5-6,8,10-12H2,1-4H3. The molecule has 1 unspecified atom stereocenters. The lowest BCUT2D eigenvalue weighted by molar-refractivity contribution is 0.0410. The van der Waals surface area contributed by atoms with Gasteiger partial charge < -0.3 is 10.2 Å². The van der Waals surface area contributed by atoms with E-state index in [0.29, 0.717) is 0 Å². The first-order valence-electron chi connectivity index (χ1n) is 6.49. The van der Waals surface area contributed by atoms with Crippen molar-refractivity contribution in [3.8, 4) is 0 Å². The zero-order chi connectivity index (χ0) is 13.3. The average molecular weight is 240 g/mol.